The second kappa shape index (κ2) is 4.21. The Bertz CT molecular complexity index is 537. The van der Waals surface area contributed by atoms with Crippen molar-refractivity contribution in [1.29, 1.82) is 0 Å². The van der Waals surface area contributed by atoms with E-state index in [-0.39, 0.29) is 0 Å². The first-order valence-electron chi connectivity index (χ1n) is 6.40. The van der Waals surface area contributed by atoms with E-state index in [1.165, 1.54) is 17.5 Å². The summed E-state index contributed by atoms with van der Waals surface area (Å²) < 4.78 is 1.83. The Hall–Kier alpha value is -1.68. The summed E-state index contributed by atoms with van der Waals surface area (Å²) in [6.07, 6.45) is 3.78. The molecule has 1 aliphatic rings. The lowest BCUT2D eigenvalue weighted by atomic mass is 9.99. The van der Waals surface area contributed by atoms with Crippen molar-refractivity contribution < 1.29 is 5.11 Å². The van der Waals surface area contributed by atoms with Gasteiger partial charge in [0, 0.05) is 19.4 Å². The van der Waals surface area contributed by atoms with Crippen LogP contribution in [0.3, 0.4) is 0 Å². The Morgan fingerprint density at radius 2 is 1.94 bits per heavy atom. The average Bonchev–Trinajstić information content (AvgIpc) is 2.93. The van der Waals surface area contributed by atoms with Gasteiger partial charge < -0.3 is 5.11 Å². The zero-order valence-electron chi connectivity index (χ0n) is 10.5. The van der Waals surface area contributed by atoms with Crippen molar-refractivity contribution in [3.63, 3.8) is 0 Å². The third-order valence-corrected chi connectivity index (χ3v) is 3.55. The third-order valence-electron chi connectivity index (χ3n) is 3.55. The summed E-state index contributed by atoms with van der Waals surface area (Å²) in [6, 6.07) is 8.18. The number of hydrogen-bond donors (Lipinski definition) is 1. The molecule has 0 saturated heterocycles. The van der Waals surface area contributed by atoms with Gasteiger partial charge in [-0.15, -0.1) is 0 Å². The molecule has 4 heteroatoms. The molecule has 1 aliphatic carbocycles. The van der Waals surface area contributed by atoms with Crippen molar-refractivity contribution in [2.75, 3.05) is 0 Å². The second-order valence-electron chi connectivity index (χ2n) is 4.96. The Morgan fingerprint density at radius 3 is 2.56 bits per heavy atom. The molecular formula is C14H17N3O. The number of aromatic nitrogens is 3. The maximum atomic E-state index is 10.9. The van der Waals surface area contributed by atoms with Crippen molar-refractivity contribution in [3.8, 4) is 0 Å². The molecule has 0 saturated carbocycles. The highest BCUT2D eigenvalue weighted by atomic mass is 16.3. The van der Waals surface area contributed by atoms with Gasteiger partial charge in [-0.1, -0.05) is 31.2 Å². The van der Waals surface area contributed by atoms with Gasteiger partial charge in [-0.05, 0) is 17.5 Å². The number of aryl methyl sites for hydroxylation is 1. The fraction of sp³-hybridized carbons (Fsp3) is 0.429. The lowest BCUT2D eigenvalue weighted by Crippen LogP contribution is -2.31. The molecule has 2 aromatic rings. The molecule has 1 aromatic heterocycles. The van der Waals surface area contributed by atoms with Crippen molar-refractivity contribution in [1.82, 2.24) is 14.8 Å². The first kappa shape index (κ1) is 11.4. The number of benzene rings is 1. The minimum atomic E-state index is -0.893. The van der Waals surface area contributed by atoms with Crippen LogP contribution in [0, 0.1) is 0 Å². The number of fused-ring (bicyclic) bond motifs is 1. The van der Waals surface area contributed by atoms with Crippen molar-refractivity contribution in [3.05, 3.63) is 47.5 Å². The fourth-order valence-corrected chi connectivity index (χ4v) is 2.75. The van der Waals surface area contributed by atoms with Crippen LogP contribution in [0.2, 0.25) is 0 Å². The Labute approximate surface area is 106 Å². The summed E-state index contributed by atoms with van der Waals surface area (Å²) in [5.41, 5.74) is 1.53. The van der Waals surface area contributed by atoms with Gasteiger partial charge in [0.05, 0.1) is 0 Å². The molecule has 4 nitrogen and oxygen atoms in total. The van der Waals surface area contributed by atoms with Gasteiger partial charge in [-0.3, -0.25) is 0 Å². The van der Waals surface area contributed by atoms with Crippen LogP contribution in [0.1, 0.15) is 30.3 Å². The molecule has 94 valence electrons. The second-order valence-corrected chi connectivity index (χ2v) is 4.96. The molecule has 0 radical (unpaired) electrons. The van der Waals surface area contributed by atoms with E-state index >= 15 is 0 Å². The Morgan fingerprint density at radius 1 is 1.28 bits per heavy atom. The molecule has 0 unspecified atom stereocenters. The van der Waals surface area contributed by atoms with Crippen LogP contribution in [-0.2, 0) is 25.0 Å². The maximum Gasteiger partial charge on any atom is 0.159 e. The zero-order valence-corrected chi connectivity index (χ0v) is 10.5. The fourth-order valence-electron chi connectivity index (χ4n) is 2.75. The topological polar surface area (TPSA) is 50.9 Å². The maximum absolute atomic E-state index is 10.9. The lowest BCUT2D eigenvalue weighted by molar-refractivity contribution is 0.0339. The lowest BCUT2D eigenvalue weighted by Gasteiger charge is -2.21. The minimum Gasteiger partial charge on any atom is -0.381 e. The highest BCUT2D eigenvalue weighted by Gasteiger charge is 2.40. The van der Waals surface area contributed by atoms with E-state index in [4.69, 9.17) is 0 Å². The van der Waals surface area contributed by atoms with Gasteiger partial charge in [0.2, 0.25) is 0 Å². The number of rotatable bonds is 3. The van der Waals surface area contributed by atoms with Gasteiger partial charge in [0.1, 0.15) is 11.9 Å². The third kappa shape index (κ3) is 1.73. The summed E-state index contributed by atoms with van der Waals surface area (Å²) in [7, 11) is 0. The molecule has 18 heavy (non-hydrogen) atoms. The summed E-state index contributed by atoms with van der Waals surface area (Å²) in [5.74, 6) is 0.695. The van der Waals surface area contributed by atoms with E-state index in [9.17, 15) is 5.11 Å². The highest BCUT2D eigenvalue weighted by Crippen LogP contribution is 2.36. The summed E-state index contributed by atoms with van der Waals surface area (Å²) in [5, 5.41) is 15.1. The van der Waals surface area contributed by atoms with E-state index in [1.807, 2.05) is 16.8 Å². The SMILES string of the molecule is CCCn1ncnc1C1(O)Cc2ccccc2C1. The van der Waals surface area contributed by atoms with Crippen LogP contribution in [0.15, 0.2) is 30.6 Å². The van der Waals surface area contributed by atoms with E-state index in [0.717, 1.165) is 13.0 Å². The summed E-state index contributed by atoms with van der Waals surface area (Å²) >= 11 is 0. The van der Waals surface area contributed by atoms with Gasteiger partial charge in [0.25, 0.3) is 0 Å². The van der Waals surface area contributed by atoms with Crippen molar-refractivity contribution in [2.24, 2.45) is 0 Å². The molecule has 0 atom stereocenters. The van der Waals surface area contributed by atoms with Crippen LogP contribution >= 0.6 is 0 Å². The van der Waals surface area contributed by atoms with E-state index in [2.05, 4.69) is 29.1 Å². The average molecular weight is 243 g/mol. The highest BCUT2D eigenvalue weighted by molar-refractivity contribution is 5.36. The molecule has 0 spiro atoms. The number of aliphatic hydroxyl groups is 1. The number of hydrogen-bond acceptors (Lipinski definition) is 3. The zero-order chi connectivity index (χ0) is 12.6. The first-order valence-corrected chi connectivity index (χ1v) is 6.40. The Kier molecular flexibility index (Phi) is 2.67. The van der Waals surface area contributed by atoms with Crippen LogP contribution < -0.4 is 0 Å². The quantitative estimate of drug-likeness (QED) is 0.892. The van der Waals surface area contributed by atoms with Crippen molar-refractivity contribution in [2.45, 2.75) is 38.3 Å². The van der Waals surface area contributed by atoms with Crippen LogP contribution in [0.5, 0.6) is 0 Å². The molecule has 0 aliphatic heterocycles. The van der Waals surface area contributed by atoms with Gasteiger partial charge >= 0.3 is 0 Å². The number of nitrogens with zero attached hydrogens (tertiary/aromatic N) is 3. The van der Waals surface area contributed by atoms with Gasteiger partial charge in [0.15, 0.2) is 5.82 Å². The predicted octanol–water partition coefficient (Wildman–Crippen LogP) is 1.67. The van der Waals surface area contributed by atoms with Crippen molar-refractivity contribution >= 4 is 0 Å². The minimum absolute atomic E-state index is 0.631. The molecule has 1 aromatic carbocycles. The summed E-state index contributed by atoms with van der Waals surface area (Å²) in [6.45, 7) is 2.90. The molecule has 1 N–H and O–H groups in total. The van der Waals surface area contributed by atoms with Crippen LogP contribution in [0.4, 0.5) is 0 Å². The van der Waals surface area contributed by atoms with Crippen LogP contribution in [-0.4, -0.2) is 19.9 Å². The predicted molar refractivity (Wildman–Crippen MR) is 68.1 cm³/mol. The largest absolute Gasteiger partial charge is 0.381 e. The molecule has 0 amide bonds. The van der Waals surface area contributed by atoms with E-state index in [0.29, 0.717) is 18.7 Å². The Balaban J connectivity index is 1.96. The standard InChI is InChI=1S/C14H17N3O/c1-2-7-17-13(15-10-16-17)14(18)8-11-5-3-4-6-12(11)9-14/h3-6,10,18H,2,7-9H2,1H3. The van der Waals surface area contributed by atoms with E-state index < -0.39 is 5.60 Å². The molecule has 3 rings (SSSR count). The van der Waals surface area contributed by atoms with Gasteiger partial charge in [-0.2, -0.15) is 5.10 Å². The van der Waals surface area contributed by atoms with Crippen LogP contribution in [0.25, 0.3) is 0 Å². The van der Waals surface area contributed by atoms with Gasteiger partial charge in [-0.25, -0.2) is 9.67 Å². The first-order chi connectivity index (χ1) is 8.73. The normalized spacial score (nSPS) is 16.8. The molecule has 0 fully saturated rings. The molecule has 1 heterocycles. The van der Waals surface area contributed by atoms with E-state index in [1.54, 1.807) is 0 Å². The molecular weight excluding hydrogens is 226 g/mol. The monoisotopic (exact) mass is 243 g/mol. The molecule has 0 bridgehead atoms. The smallest absolute Gasteiger partial charge is 0.159 e. The summed E-state index contributed by atoms with van der Waals surface area (Å²) in [4.78, 5) is 4.27.